The van der Waals surface area contributed by atoms with Crippen LogP contribution in [0.2, 0.25) is 0 Å². The maximum absolute atomic E-state index is 11.9. The Morgan fingerprint density at radius 2 is 2.12 bits per heavy atom. The molecule has 0 spiro atoms. The molecular weight excluding hydrogens is 214 g/mol. The van der Waals surface area contributed by atoms with Crippen molar-refractivity contribution in [3.8, 4) is 0 Å². The fourth-order valence-corrected chi connectivity index (χ4v) is 2.89. The summed E-state index contributed by atoms with van der Waals surface area (Å²) in [5.41, 5.74) is 0. The highest BCUT2D eigenvalue weighted by atomic mass is 16.5. The Kier molecular flexibility index (Phi) is 5.96. The van der Waals surface area contributed by atoms with Crippen LogP contribution >= 0.6 is 0 Å². The summed E-state index contributed by atoms with van der Waals surface area (Å²) in [5, 5.41) is 0. The average molecular weight is 241 g/mol. The molecule has 1 aliphatic rings. The van der Waals surface area contributed by atoms with Crippen molar-refractivity contribution in [3.63, 3.8) is 0 Å². The van der Waals surface area contributed by atoms with Gasteiger partial charge in [-0.05, 0) is 39.2 Å². The molecule has 3 heteroatoms. The zero-order valence-corrected chi connectivity index (χ0v) is 11.7. The van der Waals surface area contributed by atoms with Gasteiger partial charge in [-0.2, -0.15) is 0 Å². The topological polar surface area (TPSA) is 29.5 Å². The molecule has 100 valence electrons. The number of ether oxygens (including phenoxy) is 1. The molecule has 0 aliphatic heterocycles. The fourth-order valence-electron chi connectivity index (χ4n) is 2.89. The van der Waals surface area contributed by atoms with Gasteiger partial charge in [0.15, 0.2) is 0 Å². The van der Waals surface area contributed by atoms with Gasteiger partial charge in [-0.25, -0.2) is 0 Å². The van der Waals surface area contributed by atoms with E-state index < -0.39 is 0 Å². The molecule has 0 amide bonds. The van der Waals surface area contributed by atoms with Crippen LogP contribution in [0.15, 0.2) is 0 Å². The molecule has 3 unspecified atom stereocenters. The molecule has 0 heterocycles. The summed E-state index contributed by atoms with van der Waals surface area (Å²) in [5.74, 6) is 0.728. The van der Waals surface area contributed by atoms with Crippen molar-refractivity contribution in [2.45, 2.75) is 65.0 Å². The van der Waals surface area contributed by atoms with Crippen molar-refractivity contribution in [2.75, 3.05) is 13.7 Å². The molecule has 1 aliphatic carbocycles. The minimum atomic E-state index is -0.0646. The smallest absolute Gasteiger partial charge is 0.323 e. The Bertz CT molecular complexity index is 242. The van der Waals surface area contributed by atoms with Crippen LogP contribution in [0.5, 0.6) is 0 Å². The Morgan fingerprint density at radius 1 is 1.41 bits per heavy atom. The van der Waals surface area contributed by atoms with E-state index in [1.807, 2.05) is 6.92 Å². The Morgan fingerprint density at radius 3 is 2.65 bits per heavy atom. The van der Waals surface area contributed by atoms with Crippen LogP contribution in [-0.4, -0.2) is 36.6 Å². The van der Waals surface area contributed by atoms with Crippen molar-refractivity contribution in [2.24, 2.45) is 5.92 Å². The molecule has 3 atom stereocenters. The number of nitrogens with zero attached hydrogens (tertiary/aromatic N) is 1. The van der Waals surface area contributed by atoms with Gasteiger partial charge in [0.2, 0.25) is 0 Å². The molecule has 0 aromatic heterocycles. The van der Waals surface area contributed by atoms with Gasteiger partial charge in [-0.3, -0.25) is 9.69 Å². The van der Waals surface area contributed by atoms with E-state index >= 15 is 0 Å². The summed E-state index contributed by atoms with van der Waals surface area (Å²) < 4.78 is 5.15. The second-order valence-corrected chi connectivity index (χ2v) is 5.27. The highest BCUT2D eigenvalue weighted by molar-refractivity contribution is 5.75. The van der Waals surface area contributed by atoms with E-state index in [1.54, 1.807) is 0 Å². The summed E-state index contributed by atoms with van der Waals surface area (Å²) in [7, 11) is 2.08. The lowest BCUT2D eigenvalue weighted by Crippen LogP contribution is -2.46. The zero-order chi connectivity index (χ0) is 12.8. The molecule has 1 fully saturated rings. The van der Waals surface area contributed by atoms with Crippen LogP contribution in [0, 0.1) is 5.92 Å². The molecule has 1 saturated carbocycles. The quantitative estimate of drug-likeness (QED) is 0.693. The van der Waals surface area contributed by atoms with Gasteiger partial charge < -0.3 is 4.74 Å². The number of esters is 1. The normalized spacial score (nSPS) is 26.9. The summed E-state index contributed by atoms with van der Waals surface area (Å²) >= 11 is 0. The van der Waals surface area contributed by atoms with E-state index in [9.17, 15) is 4.79 Å². The van der Waals surface area contributed by atoms with Crippen LogP contribution in [0.4, 0.5) is 0 Å². The highest BCUT2D eigenvalue weighted by Crippen LogP contribution is 2.28. The van der Waals surface area contributed by atoms with Gasteiger partial charge >= 0.3 is 5.97 Å². The molecule has 0 radical (unpaired) electrons. The first-order valence-corrected chi connectivity index (χ1v) is 6.98. The lowest BCUT2D eigenvalue weighted by atomic mass is 9.86. The van der Waals surface area contributed by atoms with Crippen molar-refractivity contribution < 1.29 is 9.53 Å². The maximum Gasteiger partial charge on any atom is 0.323 e. The highest BCUT2D eigenvalue weighted by Gasteiger charge is 2.30. The van der Waals surface area contributed by atoms with E-state index in [4.69, 9.17) is 4.74 Å². The third-order valence-corrected chi connectivity index (χ3v) is 3.92. The summed E-state index contributed by atoms with van der Waals surface area (Å²) in [4.78, 5) is 14.1. The van der Waals surface area contributed by atoms with E-state index in [2.05, 4.69) is 25.8 Å². The first-order chi connectivity index (χ1) is 8.10. The van der Waals surface area contributed by atoms with Crippen LogP contribution < -0.4 is 0 Å². The van der Waals surface area contributed by atoms with Crippen LogP contribution in [-0.2, 0) is 9.53 Å². The standard InChI is InChI=1S/C14H27NO2/c1-5-13(14(16)17-6-2)15(4)12-9-7-8-11(3)10-12/h11-13H,5-10H2,1-4H3. The first kappa shape index (κ1) is 14.5. The molecule has 0 aromatic rings. The number of carbonyl (C=O) groups is 1. The minimum Gasteiger partial charge on any atom is -0.465 e. The van der Waals surface area contributed by atoms with Crippen LogP contribution in [0.1, 0.15) is 52.9 Å². The van der Waals surface area contributed by atoms with E-state index in [0.29, 0.717) is 12.6 Å². The van der Waals surface area contributed by atoms with Crippen molar-refractivity contribution >= 4 is 5.97 Å². The summed E-state index contributed by atoms with van der Waals surface area (Å²) in [6.45, 7) is 6.72. The average Bonchev–Trinajstić information content (AvgIpc) is 2.30. The lowest BCUT2D eigenvalue weighted by molar-refractivity contribution is -0.150. The van der Waals surface area contributed by atoms with Gasteiger partial charge in [0, 0.05) is 6.04 Å². The van der Waals surface area contributed by atoms with Crippen molar-refractivity contribution in [1.29, 1.82) is 0 Å². The first-order valence-electron chi connectivity index (χ1n) is 6.98. The predicted molar refractivity (Wildman–Crippen MR) is 69.9 cm³/mol. The van der Waals surface area contributed by atoms with Crippen LogP contribution in [0.25, 0.3) is 0 Å². The minimum absolute atomic E-state index is 0.0595. The Labute approximate surface area is 106 Å². The van der Waals surface area contributed by atoms with Gasteiger partial charge in [0.05, 0.1) is 6.61 Å². The second kappa shape index (κ2) is 7.00. The van der Waals surface area contributed by atoms with Gasteiger partial charge in [-0.1, -0.05) is 26.7 Å². The molecule has 17 heavy (non-hydrogen) atoms. The number of hydrogen-bond donors (Lipinski definition) is 0. The van der Waals surface area contributed by atoms with E-state index in [0.717, 1.165) is 12.3 Å². The maximum atomic E-state index is 11.9. The molecule has 0 N–H and O–H groups in total. The number of likely N-dealkylation sites (N-methyl/N-ethyl adjacent to an activating group) is 1. The monoisotopic (exact) mass is 241 g/mol. The molecule has 0 saturated heterocycles. The third kappa shape index (κ3) is 3.98. The molecule has 0 bridgehead atoms. The number of carbonyl (C=O) groups excluding carboxylic acids is 1. The largest absolute Gasteiger partial charge is 0.465 e. The summed E-state index contributed by atoms with van der Waals surface area (Å²) in [6, 6.07) is 0.485. The predicted octanol–water partition coefficient (Wildman–Crippen LogP) is 2.84. The van der Waals surface area contributed by atoms with E-state index in [-0.39, 0.29) is 12.0 Å². The molecule has 1 rings (SSSR count). The molecular formula is C14H27NO2. The molecule has 0 aromatic carbocycles. The number of hydrogen-bond acceptors (Lipinski definition) is 3. The van der Waals surface area contributed by atoms with Crippen LogP contribution in [0.3, 0.4) is 0 Å². The zero-order valence-electron chi connectivity index (χ0n) is 11.7. The summed E-state index contributed by atoms with van der Waals surface area (Å²) in [6.07, 6.45) is 5.89. The van der Waals surface area contributed by atoms with Gasteiger partial charge in [-0.15, -0.1) is 0 Å². The van der Waals surface area contributed by atoms with Gasteiger partial charge in [0.1, 0.15) is 6.04 Å². The Balaban J connectivity index is 2.58. The van der Waals surface area contributed by atoms with Gasteiger partial charge in [0.25, 0.3) is 0 Å². The lowest BCUT2D eigenvalue weighted by Gasteiger charge is -2.37. The van der Waals surface area contributed by atoms with E-state index in [1.165, 1.54) is 25.7 Å². The Hall–Kier alpha value is -0.570. The fraction of sp³-hybridized carbons (Fsp3) is 0.929. The second-order valence-electron chi connectivity index (χ2n) is 5.27. The number of rotatable bonds is 5. The molecule has 3 nitrogen and oxygen atoms in total. The SMILES string of the molecule is CCOC(=O)C(CC)N(C)C1CCCC(C)C1. The van der Waals surface area contributed by atoms with Crippen molar-refractivity contribution in [3.05, 3.63) is 0 Å². The third-order valence-electron chi connectivity index (χ3n) is 3.92. The van der Waals surface area contributed by atoms with Crippen molar-refractivity contribution in [1.82, 2.24) is 4.90 Å².